The number of carbonyl (C=O) groups excluding carboxylic acids is 2. The maximum atomic E-state index is 12.6. The van der Waals surface area contributed by atoms with Crippen LogP contribution in [-0.4, -0.2) is 31.4 Å². The van der Waals surface area contributed by atoms with Crippen LogP contribution in [0, 0.1) is 5.92 Å². The maximum Gasteiger partial charge on any atom is 0.255 e. The minimum atomic E-state index is -0.112. The van der Waals surface area contributed by atoms with Gasteiger partial charge in [0.15, 0.2) is 0 Å². The predicted molar refractivity (Wildman–Crippen MR) is 121 cm³/mol. The van der Waals surface area contributed by atoms with Crippen LogP contribution in [0.15, 0.2) is 48.5 Å². The Morgan fingerprint density at radius 1 is 0.967 bits per heavy atom. The van der Waals surface area contributed by atoms with Crippen molar-refractivity contribution in [1.29, 1.82) is 0 Å². The smallest absolute Gasteiger partial charge is 0.255 e. The molecule has 158 valence electrons. The van der Waals surface area contributed by atoms with Crippen molar-refractivity contribution in [2.24, 2.45) is 5.92 Å². The van der Waals surface area contributed by atoms with Crippen molar-refractivity contribution in [2.75, 3.05) is 23.8 Å². The molecular formula is C25H31N3O2. The van der Waals surface area contributed by atoms with E-state index in [0.717, 1.165) is 30.1 Å². The quantitative estimate of drug-likeness (QED) is 0.749. The highest BCUT2D eigenvalue weighted by Crippen LogP contribution is 2.27. The van der Waals surface area contributed by atoms with Crippen LogP contribution in [0.2, 0.25) is 0 Å². The minimum absolute atomic E-state index is 0.0996. The van der Waals surface area contributed by atoms with Gasteiger partial charge in [-0.05, 0) is 67.8 Å². The Kier molecular flexibility index (Phi) is 6.48. The fourth-order valence-electron chi connectivity index (χ4n) is 4.65. The standard InChI is InChI=1S/C25H31N3O2/c1-26-23-15-16-28(25(23)30)22-13-11-21(12-14-22)27-24(29)20-9-7-19(8-10-20)17-18-5-3-2-4-6-18/h7-14,18,23,26H,2-6,15-17H2,1H3,(H,27,29). The van der Waals surface area contributed by atoms with Crippen LogP contribution >= 0.6 is 0 Å². The molecule has 4 rings (SSSR count). The molecular weight excluding hydrogens is 374 g/mol. The van der Waals surface area contributed by atoms with Gasteiger partial charge < -0.3 is 15.5 Å². The number of carbonyl (C=O) groups is 2. The van der Waals surface area contributed by atoms with Gasteiger partial charge >= 0.3 is 0 Å². The summed E-state index contributed by atoms with van der Waals surface area (Å²) in [5, 5.41) is 6.00. The number of anilines is 2. The molecule has 1 saturated carbocycles. The third-order valence-electron chi connectivity index (χ3n) is 6.46. The lowest BCUT2D eigenvalue weighted by atomic mass is 9.85. The third-order valence-corrected chi connectivity index (χ3v) is 6.46. The lowest BCUT2D eigenvalue weighted by Crippen LogP contribution is -2.36. The van der Waals surface area contributed by atoms with Crippen LogP contribution < -0.4 is 15.5 Å². The summed E-state index contributed by atoms with van der Waals surface area (Å²) in [6, 6.07) is 15.4. The fourth-order valence-corrected chi connectivity index (χ4v) is 4.65. The lowest BCUT2D eigenvalue weighted by Gasteiger charge is -2.21. The molecule has 30 heavy (non-hydrogen) atoms. The van der Waals surface area contributed by atoms with E-state index in [4.69, 9.17) is 0 Å². The average molecular weight is 406 g/mol. The second-order valence-electron chi connectivity index (χ2n) is 8.53. The first kappa shape index (κ1) is 20.6. The Morgan fingerprint density at radius 3 is 2.30 bits per heavy atom. The highest BCUT2D eigenvalue weighted by atomic mass is 16.2. The molecule has 2 aliphatic rings. The summed E-state index contributed by atoms with van der Waals surface area (Å²) in [5.41, 5.74) is 3.57. The molecule has 2 fully saturated rings. The van der Waals surface area contributed by atoms with E-state index < -0.39 is 0 Å². The second kappa shape index (κ2) is 9.43. The molecule has 1 saturated heterocycles. The Labute approximate surface area is 178 Å². The molecule has 0 radical (unpaired) electrons. The van der Waals surface area contributed by atoms with Gasteiger partial charge in [0.1, 0.15) is 0 Å². The largest absolute Gasteiger partial charge is 0.322 e. The van der Waals surface area contributed by atoms with Crippen LogP contribution in [0.4, 0.5) is 11.4 Å². The van der Waals surface area contributed by atoms with Gasteiger partial charge in [-0.1, -0.05) is 44.2 Å². The molecule has 2 aromatic carbocycles. The van der Waals surface area contributed by atoms with Crippen molar-refractivity contribution >= 4 is 23.2 Å². The molecule has 5 nitrogen and oxygen atoms in total. The zero-order valence-electron chi connectivity index (χ0n) is 17.7. The van der Waals surface area contributed by atoms with E-state index in [2.05, 4.69) is 22.8 Å². The zero-order valence-corrected chi connectivity index (χ0v) is 17.7. The van der Waals surface area contributed by atoms with E-state index in [1.54, 1.807) is 4.90 Å². The Bertz CT molecular complexity index is 870. The first-order valence-electron chi connectivity index (χ1n) is 11.1. The molecule has 5 heteroatoms. The van der Waals surface area contributed by atoms with Gasteiger partial charge in [-0.3, -0.25) is 9.59 Å². The normalized spacial score (nSPS) is 19.8. The lowest BCUT2D eigenvalue weighted by molar-refractivity contribution is -0.118. The van der Waals surface area contributed by atoms with E-state index in [1.807, 2.05) is 43.4 Å². The van der Waals surface area contributed by atoms with E-state index in [0.29, 0.717) is 12.1 Å². The molecule has 1 heterocycles. The average Bonchev–Trinajstić information content (AvgIpc) is 3.16. The van der Waals surface area contributed by atoms with Crippen LogP contribution in [0.1, 0.15) is 54.4 Å². The highest BCUT2D eigenvalue weighted by molar-refractivity contribution is 6.04. The van der Waals surface area contributed by atoms with Crippen LogP contribution in [-0.2, 0) is 11.2 Å². The van der Waals surface area contributed by atoms with Gasteiger partial charge in [0.25, 0.3) is 5.91 Å². The van der Waals surface area contributed by atoms with Crippen molar-refractivity contribution in [3.05, 3.63) is 59.7 Å². The number of hydrogen-bond donors (Lipinski definition) is 2. The molecule has 2 amide bonds. The molecule has 1 unspecified atom stereocenters. The first-order chi connectivity index (χ1) is 14.6. The molecule has 1 aliphatic heterocycles. The molecule has 0 aromatic heterocycles. The van der Waals surface area contributed by atoms with Gasteiger partial charge in [-0.2, -0.15) is 0 Å². The summed E-state index contributed by atoms with van der Waals surface area (Å²) in [7, 11) is 1.81. The number of nitrogens with zero attached hydrogens (tertiary/aromatic N) is 1. The molecule has 0 spiro atoms. The maximum absolute atomic E-state index is 12.6. The number of benzene rings is 2. The Balaban J connectivity index is 1.34. The van der Waals surface area contributed by atoms with Crippen molar-refractivity contribution < 1.29 is 9.59 Å². The second-order valence-corrected chi connectivity index (χ2v) is 8.53. The highest BCUT2D eigenvalue weighted by Gasteiger charge is 2.31. The fraction of sp³-hybridized carbons (Fsp3) is 0.440. The van der Waals surface area contributed by atoms with Gasteiger partial charge in [-0.25, -0.2) is 0 Å². The van der Waals surface area contributed by atoms with Gasteiger partial charge in [-0.15, -0.1) is 0 Å². The Morgan fingerprint density at radius 2 is 1.67 bits per heavy atom. The number of nitrogens with one attached hydrogen (secondary N) is 2. The Hall–Kier alpha value is -2.66. The van der Waals surface area contributed by atoms with Crippen molar-refractivity contribution in [1.82, 2.24) is 5.32 Å². The molecule has 0 bridgehead atoms. The minimum Gasteiger partial charge on any atom is -0.322 e. The number of rotatable bonds is 6. The predicted octanol–water partition coefficient (Wildman–Crippen LogP) is 4.39. The van der Waals surface area contributed by atoms with E-state index in [1.165, 1.54) is 37.7 Å². The van der Waals surface area contributed by atoms with Crippen molar-refractivity contribution in [3.8, 4) is 0 Å². The summed E-state index contributed by atoms with van der Waals surface area (Å²) >= 11 is 0. The molecule has 1 atom stereocenters. The SMILES string of the molecule is CNC1CCN(c2ccc(NC(=O)c3ccc(CC4CCCCC4)cc3)cc2)C1=O. The monoisotopic (exact) mass is 405 g/mol. The number of likely N-dealkylation sites (N-methyl/N-ethyl adjacent to an activating group) is 1. The number of amides is 2. The molecule has 2 aromatic rings. The number of hydrogen-bond acceptors (Lipinski definition) is 3. The summed E-state index contributed by atoms with van der Waals surface area (Å²) < 4.78 is 0. The van der Waals surface area contributed by atoms with Crippen molar-refractivity contribution in [3.63, 3.8) is 0 Å². The summed E-state index contributed by atoms with van der Waals surface area (Å²) in [5.74, 6) is 0.782. The van der Waals surface area contributed by atoms with E-state index in [-0.39, 0.29) is 17.9 Å². The van der Waals surface area contributed by atoms with Crippen LogP contribution in [0.3, 0.4) is 0 Å². The van der Waals surface area contributed by atoms with E-state index in [9.17, 15) is 9.59 Å². The summed E-state index contributed by atoms with van der Waals surface area (Å²) in [6.45, 7) is 0.712. The van der Waals surface area contributed by atoms with Crippen molar-refractivity contribution in [2.45, 2.75) is 51.0 Å². The van der Waals surface area contributed by atoms with Gasteiger partial charge in [0, 0.05) is 23.5 Å². The van der Waals surface area contributed by atoms with Crippen LogP contribution in [0.25, 0.3) is 0 Å². The zero-order chi connectivity index (χ0) is 20.9. The third kappa shape index (κ3) is 4.73. The van der Waals surface area contributed by atoms with Gasteiger partial charge in [0.2, 0.25) is 5.91 Å². The molecule has 1 aliphatic carbocycles. The van der Waals surface area contributed by atoms with Gasteiger partial charge in [0.05, 0.1) is 6.04 Å². The summed E-state index contributed by atoms with van der Waals surface area (Å²) in [4.78, 5) is 26.7. The van der Waals surface area contributed by atoms with Crippen LogP contribution in [0.5, 0.6) is 0 Å². The summed E-state index contributed by atoms with van der Waals surface area (Å²) in [6.07, 6.45) is 8.67. The topological polar surface area (TPSA) is 61.4 Å². The molecule has 2 N–H and O–H groups in total. The van der Waals surface area contributed by atoms with E-state index >= 15 is 0 Å². The first-order valence-corrected chi connectivity index (χ1v) is 11.1.